The van der Waals surface area contributed by atoms with Crippen molar-refractivity contribution in [3.63, 3.8) is 0 Å². The molecule has 0 fully saturated rings. The van der Waals surface area contributed by atoms with E-state index in [1.54, 1.807) is 61.5 Å². The van der Waals surface area contributed by atoms with Gasteiger partial charge < -0.3 is 0 Å². The van der Waals surface area contributed by atoms with Crippen LogP contribution < -0.4 is 10.9 Å². The fourth-order valence-corrected chi connectivity index (χ4v) is 1.94. The number of nitrogens with one attached hydrogen (secondary N) is 2. The number of carbonyl (C=O) groups excluding carboxylic acids is 2. The van der Waals surface area contributed by atoms with Crippen molar-refractivity contribution in [2.45, 2.75) is 25.7 Å². The van der Waals surface area contributed by atoms with Gasteiger partial charge in [0.25, 0.3) is 0 Å². The lowest BCUT2D eigenvalue weighted by molar-refractivity contribution is -0.123. The molecule has 0 aliphatic carbocycles. The SMILES string of the molecule is O=C(CCCCC(=O)N/N=C/c1ccncc1)N/N=C/c1ccncc1. The molecule has 2 amide bonds. The highest BCUT2D eigenvalue weighted by atomic mass is 16.2. The van der Waals surface area contributed by atoms with Crippen molar-refractivity contribution in [1.29, 1.82) is 0 Å². The van der Waals surface area contributed by atoms with Gasteiger partial charge in [0.15, 0.2) is 0 Å². The van der Waals surface area contributed by atoms with E-state index < -0.39 is 0 Å². The molecule has 2 heterocycles. The Balaban J connectivity index is 1.55. The highest BCUT2D eigenvalue weighted by molar-refractivity contribution is 5.83. The number of rotatable bonds is 9. The summed E-state index contributed by atoms with van der Waals surface area (Å²) in [5.41, 5.74) is 6.61. The van der Waals surface area contributed by atoms with Crippen molar-refractivity contribution in [2.24, 2.45) is 10.2 Å². The van der Waals surface area contributed by atoms with E-state index in [2.05, 4.69) is 31.0 Å². The second kappa shape index (κ2) is 11.2. The molecule has 0 aromatic carbocycles. The minimum atomic E-state index is -0.188. The van der Waals surface area contributed by atoms with Gasteiger partial charge in [0, 0.05) is 37.6 Å². The summed E-state index contributed by atoms with van der Waals surface area (Å²) in [5, 5.41) is 7.74. The van der Waals surface area contributed by atoms with Crippen LogP contribution >= 0.6 is 0 Å². The molecule has 8 heteroatoms. The summed E-state index contributed by atoms with van der Waals surface area (Å²) in [7, 11) is 0. The van der Waals surface area contributed by atoms with Crippen molar-refractivity contribution in [2.75, 3.05) is 0 Å². The van der Waals surface area contributed by atoms with E-state index in [4.69, 9.17) is 0 Å². The van der Waals surface area contributed by atoms with Crippen LogP contribution in [-0.2, 0) is 9.59 Å². The monoisotopic (exact) mass is 352 g/mol. The highest BCUT2D eigenvalue weighted by Crippen LogP contribution is 2.00. The number of aromatic nitrogens is 2. The molecule has 2 rings (SSSR count). The number of pyridine rings is 2. The third kappa shape index (κ3) is 7.91. The Hall–Kier alpha value is -3.42. The van der Waals surface area contributed by atoms with E-state index in [0.29, 0.717) is 25.7 Å². The van der Waals surface area contributed by atoms with E-state index >= 15 is 0 Å². The molecule has 0 saturated heterocycles. The Bertz CT molecular complexity index is 681. The van der Waals surface area contributed by atoms with E-state index in [0.717, 1.165) is 11.1 Å². The maximum absolute atomic E-state index is 11.6. The van der Waals surface area contributed by atoms with Gasteiger partial charge in [-0.3, -0.25) is 19.6 Å². The van der Waals surface area contributed by atoms with Crippen LogP contribution in [0.1, 0.15) is 36.8 Å². The number of carbonyl (C=O) groups is 2. The minimum absolute atomic E-state index is 0.188. The molecule has 0 bridgehead atoms. The second-order valence-corrected chi connectivity index (χ2v) is 5.35. The third-order valence-electron chi connectivity index (χ3n) is 3.28. The van der Waals surface area contributed by atoms with Crippen LogP contribution in [0.5, 0.6) is 0 Å². The summed E-state index contributed by atoms with van der Waals surface area (Å²) >= 11 is 0. The topological polar surface area (TPSA) is 109 Å². The lowest BCUT2D eigenvalue weighted by atomic mass is 10.2. The summed E-state index contributed by atoms with van der Waals surface area (Å²) in [4.78, 5) is 31.1. The first kappa shape index (κ1) is 18.9. The number of nitrogens with zero attached hydrogens (tertiary/aromatic N) is 4. The zero-order chi connectivity index (χ0) is 18.5. The summed E-state index contributed by atoms with van der Waals surface area (Å²) in [5.74, 6) is -0.377. The normalized spacial score (nSPS) is 10.9. The molecule has 0 spiro atoms. The first-order chi connectivity index (χ1) is 12.7. The molecular weight excluding hydrogens is 332 g/mol. The van der Waals surface area contributed by atoms with Crippen LogP contribution in [0.4, 0.5) is 0 Å². The lowest BCUT2D eigenvalue weighted by Gasteiger charge is -2.01. The number of unbranched alkanes of at least 4 members (excludes halogenated alkanes) is 1. The summed E-state index contributed by atoms with van der Waals surface area (Å²) < 4.78 is 0. The van der Waals surface area contributed by atoms with Gasteiger partial charge in [-0.2, -0.15) is 10.2 Å². The Morgan fingerprint density at radius 1 is 0.769 bits per heavy atom. The summed E-state index contributed by atoms with van der Waals surface area (Å²) in [6, 6.07) is 7.13. The first-order valence-corrected chi connectivity index (χ1v) is 8.18. The van der Waals surface area contributed by atoms with Gasteiger partial charge in [-0.05, 0) is 48.2 Å². The van der Waals surface area contributed by atoms with Crippen molar-refractivity contribution in [1.82, 2.24) is 20.8 Å². The molecular formula is C18H20N6O2. The summed E-state index contributed by atoms with van der Waals surface area (Å²) in [6.07, 6.45) is 11.5. The van der Waals surface area contributed by atoms with E-state index in [1.165, 1.54) is 0 Å². The smallest absolute Gasteiger partial charge is 0.240 e. The average molecular weight is 352 g/mol. The molecule has 0 atom stereocenters. The maximum atomic E-state index is 11.6. The van der Waals surface area contributed by atoms with Gasteiger partial charge in [0.1, 0.15) is 0 Å². The zero-order valence-corrected chi connectivity index (χ0v) is 14.2. The lowest BCUT2D eigenvalue weighted by Crippen LogP contribution is -2.19. The molecule has 2 aromatic heterocycles. The van der Waals surface area contributed by atoms with Gasteiger partial charge in [-0.25, -0.2) is 10.9 Å². The first-order valence-electron chi connectivity index (χ1n) is 8.18. The Morgan fingerprint density at radius 2 is 1.15 bits per heavy atom. The number of hydrogen-bond acceptors (Lipinski definition) is 6. The molecule has 0 aliphatic rings. The van der Waals surface area contributed by atoms with E-state index in [9.17, 15) is 9.59 Å². The van der Waals surface area contributed by atoms with Gasteiger partial charge in [-0.15, -0.1) is 0 Å². The third-order valence-corrected chi connectivity index (χ3v) is 3.28. The van der Waals surface area contributed by atoms with Crippen LogP contribution in [0, 0.1) is 0 Å². The summed E-state index contributed by atoms with van der Waals surface area (Å²) in [6.45, 7) is 0. The van der Waals surface area contributed by atoms with Crippen LogP contribution in [0.25, 0.3) is 0 Å². The number of hydrazone groups is 2. The second-order valence-electron chi connectivity index (χ2n) is 5.35. The highest BCUT2D eigenvalue weighted by Gasteiger charge is 2.02. The van der Waals surface area contributed by atoms with Crippen molar-refractivity contribution >= 4 is 24.2 Å². The van der Waals surface area contributed by atoms with Crippen LogP contribution in [0.3, 0.4) is 0 Å². The van der Waals surface area contributed by atoms with Gasteiger partial charge in [-0.1, -0.05) is 0 Å². The molecule has 134 valence electrons. The molecule has 0 unspecified atom stereocenters. The minimum Gasteiger partial charge on any atom is -0.273 e. The van der Waals surface area contributed by atoms with Crippen LogP contribution in [0.2, 0.25) is 0 Å². The van der Waals surface area contributed by atoms with Gasteiger partial charge >= 0.3 is 0 Å². The zero-order valence-electron chi connectivity index (χ0n) is 14.2. The fraction of sp³-hybridized carbons (Fsp3) is 0.222. The predicted octanol–water partition coefficient (Wildman–Crippen LogP) is 1.64. The largest absolute Gasteiger partial charge is 0.273 e. The van der Waals surface area contributed by atoms with Gasteiger partial charge in [0.05, 0.1) is 12.4 Å². The Labute approximate surface area is 151 Å². The van der Waals surface area contributed by atoms with E-state index in [-0.39, 0.29) is 11.8 Å². The molecule has 2 aromatic rings. The molecule has 0 radical (unpaired) electrons. The van der Waals surface area contributed by atoms with Crippen LogP contribution in [0.15, 0.2) is 59.3 Å². The van der Waals surface area contributed by atoms with E-state index in [1.807, 2.05) is 0 Å². The predicted molar refractivity (Wildman–Crippen MR) is 98.4 cm³/mol. The molecule has 8 nitrogen and oxygen atoms in total. The Kier molecular flexibility index (Phi) is 8.14. The quantitative estimate of drug-likeness (QED) is 0.406. The standard InChI is InChI=1S/C18H20N6O2/c25-17(23-21-13-15-5-9-19-10-6-15)3-1-2-4-18(26)24-22-14-16-7-11-20-12-8-16/h5-14H,1-4H2,(H,23,25)(H,24,26)/b21-13+,22-14+. The molecule has 26 heavy (non-hydrogen) atoms. The maximum Gasteiger partial charge on any atom is 0.240 e. The van der Waals surface area contributed by atoms with Crippen LogP contribution in [-0.4, -0.2) is 34.2 Å². The fourth-order valence-electron chi connectivity index (χ4n) is 1.94. The van der Waals surface area contributed by atoms with Gasteiger partial charge in [0.2, 0.25) is 11.8 Å². The molecule has 0 saturated carbocycles. The molecule has 2 N–H and O–H groups in total. The number of hydrogen-bond donors (Lipinski definition) is 2. The van der Waals surface area contributed by atoms with Crippen molar-refractivity contribution in [3.8, 4) is 0 Å². The average Bonchev–Trinajstić information content (AvgIpc) is 2.67. The Morgan fingerprint density at radius 3 is 1.54 bits per heavy atom. The van der Waals surface area contributed by atoms with Crippen molar-refractivity contribution in [3.05, 3.63) is 60.2 Å². The van der Waals surface area contributed by atoms with Crippen molar-refractivity contribution < 1.29 is 9.59 Å². The molecule has 0 aliphatic heterocycles. The number of amides is 2.